The Morgan fingerprint density at radius 3 is 1.88 bits per heavy atom. The number of unbranched alkanes of at least 4 members (excludes halogenated alkanes) is 1. The molecule has 0 radical (unpaired) electrons. The van der Waals surface area contributed by atoms with E-state index in [4.69, 9.17) is 29.4 Å². The maximum absolute atomic E-state index is 12.6. The lowest BCUT2D eigenvalue weighted by molar-refractivity contribution is -0.155. The first-order valence-corrected chi connectivity index (χ1v) is 13.7. The molecule has 10 heteroatoms. The first-order chi connectivity index (χ1) is 18.4. The molecule has 0 spiro atoms. The molecule has 0 saturated heterocycles. The van der Waals surface area contributed by atoms with E-state index >= 15 is 0 Å². The number of nitrogens with two attached hydrogens (primary N) is 1. The Morgan fingerprint density at radius 1 is 0.825 bits per heavy atom. The van der Waals surface area contributed by atoms with Gasteiger partial charge in [-0.25, -0.2) is 4.79 Å². The summed E-state index contributed by atoms with van der Waals surface area (Å²) in [6, 6.07) is 3.61. The van der Waals surface area contributed by atoms with Crippen LogP contribution in [0.1, 0.15) is 93.6 Å². The van der Waals surface area contributed by atoms with E-state index < -0.39 is 42.3 Å². The van der Waals surface area contributed by atoms with Crippen molar-refractivity contribution < 1.29 is 42.9 Å². The molecule has 0 amide bonds. The van der Waals surface area contributed by atoms with Gasteiger partial charge in [0.15, 0.2) is 11.5 Å². The normalized spacial score (nSPS) is 13.9. The fraction of sp³-hybridized carbons (Fsp3) is 0.667. The van der Waals surface area contributed by atoms with Gasteiger partial charge in [0.05, 0.1) is 19.4 Å². The van der Waals surface area contributed by atoms with Gasteiger partial charge in [-0.1, -0.05) is 61.0 Å². The minimum atomic E-state index is -1.06. The highest BCUT2D eigenvalue weighted by atomic mass is 16.7. The van der Waals surface area contributed by atoms with Crippen molar-refractivity contribution in [2.45, 2.75) is 113 Å². The molecular weight excluding hydrogens is 518 g/mol. The maximum atomic E-state index is 12.6. The zero-order chi connectivity index (χ0) is 30.7. The monoisotopic (exact) mass is 565 g/mol. The van der Waals surface area contributed by atoms with Crippen molar-refractivity contribution in [3.8, 4) is 11.5 Å². The second-order valence-electron chi connectivity index (χ2n) is 12.4. The number of benzene rings is 1. The van der Waals surface area contributed by atoms with Crippen molar-refractivity contribution >= 4 is 24.1 Å². The molecule has 0 heterocycles. The predicted molar refractivity (Wildman–Crippen MR) is 150 cm³/mol. The van der Waals surface area contributed by atoms with Gasteiger partial charge in [-0.15, -0.1) is 0 Å². The van der Waals surface area contributed by atoms with E-state index in [0.29, 0.717) is 5.56 Å². The van der Waals surface area contributed by atoms with Gasteiger partial charge in [-0.2, -0.15) is 0 Å². The fourth-order valence-corrected chi connectivity index (χ4v) is 3.31. The molecule has 2 N–H and O–H groups in total. The Labute approximate surface area is 238 Å². The molecule has 1 unspecified atom stereocenters. The van der Waals surface area contributed by atoms with Crippen molar-refractivity contribution in [1.82, 2.24) is 0 Å². The van der Waals surface area contributed by atoms with Crippen LogP contribution in [0, 0.1) is 10.8 Å². The number of esters is 3. The van der Waals surface area contributed by atoms with Crippen LogP contribution in [-0.2, 0) is 35.0 Å². The highest BCUT2D eigenvalue weighted by Crippen LogP contribution is 2.32. The summed E-state index contributed by atoms with van der Waals surface area (Å²) in [5.74, 6) is -1.49. The van der Waals surface area contributed by atoms with E-state index in [1.165, 1.54) is 12.1 Å². The first kappa shape index (κ1) is 34.9. The Balaban J connectivity index is 2.93. The van der Waals surface area contributed by atoms with E-state index in [2.05, 4.69) is 0 Å². The molecule has 226 valence electrons. The van der Waals surface area contributed by atoms with Crippen molar-refractivity contribution in [3.63, 3.8) is 0 Å². The summed E-state index contributed by atoms with van der Waals surface area (Å²) in [6.07, 6.45) is -0.385. The lowest BCUT2D eigenvalue weighted by Crippen LogP contribution is -2.39. The molecule has 0 aliphatic heterocycles. The highest BCUT2D eigenvalue weighted by molar-refractivity contribution is 5.78. The molecule has 0 fully saturated rings. The Kier molecular flexibility index (Phi) is 13.6. The van der Waals surface area contributed by atoms with Crippen LogP contribution < -0.4 is 15.2 Å². The summed E-state index contributed by atoms with van der Waals surface area (Å²) in [7, 11) is 0. The second kappa shape index (κ2) is 15.6. The Morgan fingerprint density at radius 2 is 1.35 bits per heavy atom. The number of ether oxygens (including phenoxy) is 5. The van der Waals surface area contributed by atoms with E-state index in [0.717, 1.165) is 12.8 Å². The van der Waals surface area contributed by atoms with Crippen molar-refractivity contribution in [3.05, 3.63) is 23.8 Å². The average molecular weight is 566 g/mol. The zero-order valence-electron chi connectivity index (χ0n) is 25.5. The van der Waals surface area contributed by atoms with Gasteiger partial charge < -0.3 is 29.4 Å². The van der Waals surface area contributed by atoms with Gasteiger partial charge in [0.1, 0.15) is 18.2 Å². The molecule has 1 aromatic carbocycles. The third-order valence-corrected chi connectivity index (χ3v) is 5.53. The average Bonchev–Trinajstić information content (AvgIpc) is 2.78. The van der Waals surface area contributed by atoms with Crippen LogP contribution in [0.15, 0.2) is 18.2 Å². The largest absolute Gasteiger partial charge is 0.508 e. The highest BCUT2D eigenvalue weighted by Gasteiger charge is 2.26. The molecule has 1 rings (SSSR count). The van der Waals surface area contributed by atoms with Gasteiger partial charge in [0.25, 0.3) is 0 Å². The molecule has 0 bridgehead atoms. The van der Waals surface area contributed by atoms with E-state index in [-0.39, 0.29) is 48.2 Å². The fourth-order valence-electron chi connectivity index (χ4n) is 3.31. The molecule has 10 nitrogen and oxygen atoms in total. The van der Waals surface area contributed by atoms with Crippen LogP contribution >= 0.6 is 0 Å². The van der Waals surface area contributed by atoms with Crippen LogP contribution in [0.4, 0.5) is 4.79 Å². The summed E-state index contributed by atoms with van der Waals surface area (Å²) in [6.45, 7) is 16.8. The molecular formula is C30H47NO9. The molecule has 0 aliphatic rings. The van der Waals surface area contributed by atoms with Crippen LogP contribution in [0.25, 0.3) is 0 Å². The number of rotatable bonds is 13. The van der Waals surface area contributed by atoms with E-state index in [1.807, 2.05) is 48.5 Å². The van der Waals surface area contributed by atoms with Crippen molar-refractivity contribution in [2.75, 3.05) is 6.61 Å². The predicted octanol–water partition coefficient (Wildman–Crippen LogP) is 5.51. The lowest BCUT2D eigenvalue weighted by Gasteiger charge is -2.22. The third-order valence-electron chi connectivity index (χ3n) is 5.53. The number of hydrogen-bond donors (Lipinski definition) is 1. The summed E-state index contributed by atoms with van der Waals surface area (Å²) in [5.41, 5.74) is 6.07. The van der Waals surface area contributed by atoms with Crippen LogP contribution in [0.3, 0.4) is 0 Å². The van der Waals surface area contributed by atoms with Crippen molar-refractivity contribution in [1.29, 1.82) is 0 Å². The molecule has 1 aromatic rings. The van der Waals surface area contributed by atoms with E-state index in [9.17, 15) is 19.2 Å². The van der Waals surface area contributed by atoms with Gasteiger partial charge in [-0.3, -0.25) is 14.4 Å². The van der Waals surface area contributed by atoms with Gasteiger partial charge >= 0.3 is 24.1 Å². The van der Waals surface area contributed by atoms with Crippen LogP contribution in [-0.4, -0.2) is 48.9 Å². The van der Waals surface area contributed by atoms with E-state index in [1.54, 1.807) is 19.9 Å². The second-order valence-corrected chi connectivity index (χ2v) is 12.4. The first-order valence-electron chi connectivity index (χ1n) is 13.7. The smallest absolute Gasteiger partial charge is 0.458 e. The Hall–Kier alpha value is -3.14. The lowest BCUT2D eigenvalue weighted by atomic mass is 9.92. The van der Waals surface area contributed by atoms with Crippen LogP contribution in [0.2, 0.25) is 0 Å². The third kappa shape index (κ3) is 14.3. The summed E-state index contributed by atoms with van der Waals surface area (Å²) < 4.78 is 26.6. The molecule has 40 heavy (non-hydrogen) atoms. The standard InChI is InChI=1S/C30H47NO9/c1-10-11-14-36-28(35)38-20(3)19(2)37-27(34)22(31)15-21-12-13-23(39-25(32)17-29(4,5)6)24(16-21)40-26(33)18-30(7,8)9/h12-13,16,19-20,22H,10-11,14-15,17-18,31H2,1-9H3/t19-,20?,22-/m0/s1. The molecule has 3 atom stereocenters. The minimum absolute atomic E-state index is 0.0554. The van der Waals surface area contributed by atoms with Gasteiger partial charge in [-0.05, 0) is 55.2 Å². The number of carbonyl (C=O) groups is 4. The summed E-state index contributed by atoms with van der Waals surface area (Å²) in [4.78, 5) is 49.4. The SMILES string of the molecule is CCCCOC(=O)OC(C)[C@H](C)OC(=O)[C@@H](N)Cc1ccc(OC(=O)CC(C)(C)C)c(OC(=O)CC(C)(C)C)c1. The summed E-state index contributed by atoms with van der Waals surface area (Å²) >= 11 is 0. The van der Waals surface area contributed by atoms with Gasteiger partial charge in [0.2, 0.25) is 0 Å². The minimum Gasteiger partial charge on any atom is -0.458 e. The van der Waals surface area contributed by atoms with Gasteiger partial charge in [0, 0.05) is 0 Å². The van der Waals surface area contributed by atoms with Crippen molar-refractivity contribution in [2.24, 2.45) is 16.6 Å². The topological polar surface area (TPSA) is 140 Å². The molecule has 0 saturated carbocycles. The van der Waals surface area contributed by atoms with Crippen LogP contribution in [0.5, 0.6) is 11.5 Å². The zero-order valence-corrected chi connectivity index (χ0v) is 25.5. The number of hydrogen-bond acceptors (Lipinski definition) is 10. The summed E-state index contributed by atoms with van der Waals surface area (Å²) in [5, 5.41) is 0. The Bertz CT molecular complexity index is 1010. The molecule has 0 aromatic heterocycles. The number of carbonyl (C=O) groups excluding carboxylic acids is 4. The quantitative estimate of drug-likeness (QED) is 0.185. The molecule has 0 aliphatic carbocycles. The maximum Gasteiger partial charge on any atom is 0.508 e.